The van der Waals surface area contributed by atoms with Gasteiger partial charge in [0.1, 0.15) is 11.2 Å². The fourth-order valence-corrected chi connectivity index (χ4v) is 6.97. The first-order valence-corrected chi connectivity index (χ1v) is 15.2. The SMILES string of the molecule is CCc1cccc2c3c([nH]c12)C(CC)(CC(=O)O)OCC3.CCc1cccc2c3c([nH]c12)C(CC)(CC(=O)O)OCC3. The van der Waals surface area contributed by atoms with Gasteiger partial charge in [0.15, 0.2) is 0 Å². The number of aromatic nitrogens is 2. The van der Waals surface area contributed by atoms with Crippen LogP contribution in [0.2, 0.25) is 0 Å². The van der Waals surface area contributed by atoms with E-state index in [9.17, 15) is 19.8 Å². The average Bonchev–Trinajstić information content (AvgIpc) is 3.57. The largest absolute Gasteiger partial charge is 0.481 e. The first-order valence-electron chi connectivity index (χ1n) is 15.2. The van der Waals surface area contributed by atoms with Crippen molar-refractivity contribution in [3.05, 3.63) is 70.0 Å². The van der Waals surface area contributed by atoms with Gasteiger partial charge in [-0.15, -0.1) is 0 Å². The van der Waals surface area contributed by atoms with E-state index in [0.29, 0.717) is 26.1 Å². The molecule has 2 aliphatic rings. The highest BCUT2D eigenvalue weighted by atomic mass is 16.5. The number of aliphatic carboxylic acids is 2. The number of benzene rings is 2. The molecular weight excluding hydrogens is 532 g/mol. The van der Waals surface area contributed by atoms with Crippen molar-refractivity contribution in [1.29, 1.82) is 0 Å². The number of carbonyl (C=O) groups is 2. The first kappa shape index (κ1) is 29.9. The monoisotopic (exact) mass is 574 g/mol. The van der Waals surface area contributed by atoms with Crippen LogP contribution in [0.5, 0.6) is 0 Å². The van der Waals surface area contributed by atoms with E-state index in [1.807, 2.05) is 13.8 Å². The van der Waals surface area contributed by atoms with Gasteiger partial charge < -0.3 is 29.7 Å². The van der Waals surface area contributed by atoms with E-state index in [2.05, 4.69) is 60.2 Å². The fraction of sp³-hybridized carbons (Fsp3) is 0.471. The van der Waals surface area contributed by atoms with Crippen molar-refractivity contribution in [2.24, 2.45) is 0 Å². The quantitative estimate of drug-likeness (QED) is 0.184. The second kappa shape index (κ2) is 11.9. The molecular formula is C34H42N2O6. The van der Waals surface area contributed by atoms with Crippen LogP contribution < -0.4 is 0 Å². The summed E-state index contributed by atoms with van der Waals surface area (Å²) in [4.78, 5) is 29.6. The molecule has 2 aliphatic heterocycles. The highest BCUT2D eigenvalue weighted by Crippen LogP contribution is 2.43. The maximum atomic E-state index is 11.3. The van der Waals surface area contributed by atoms with E-state index in [4.69, 9.17) is 9.47 Å². The molecule has 0 spiro atoms. The van der Waals surface area contributed by atoms with Crippen LogP contribution in [0, 0.1) is 0 Å². The summed E-state index contributed by atoms with van der Waals surface area (Å²) in [5, 5.41) is 21.0. The topological polar surface area (TPSA) is 125 Å². The maximum Gasteiger partial charge on any atom is 0.306 e. The molecule has 0 amide bonds. The van der Waals surface area contributed by atoms with Gasteiger partial charge in [-0.05, 0) is 60.8 Å². The van der Waals surface area contributed by atoms with E-state index in [-0.39, 0.29) is 12.8 Å². The van der Waals surface area contributed by atoms with E-state index in [0.717, 1.165) is 48.1 Å². The van der Waals surface area contributed by atoms with Gasteiger partial charge in [-0.3, -0.25) is 9.59 Å². The van der Waals surface area contributed by atoms with Gasteiger partial charge in [0.05, 0.1) is 37.4 Å². The van der Waals surface area contributed by atoms with Gasteiger partial charge in [-0.25, -0.2) is 0 Å². The molecule has 8 nitrogen and oxygen atoms in total. The van der Waals surface area contributed by atoms with Crippen molar-refractivity contribution in [2.75, 3.05) is 13.2 Å². The van der Waals surface area contributed by atoms with Crippen LogP contribution in [0.3, 0.4) is 0 Å². The zero-order valence-corrected chi connectivity index (χ0v) is 25.1. The summed E-state index contributed by atoms with van der Waals surface area (Å²) >= 11 is 0. The van der Waals surface area contributed by atoms with Crippen LogP contribution in [0.4, 0.5) is 0 Å². The third-order valence-electron chi connectivity index (χ3n) is 9.20. The van der Waals surface area contributed by atoms with Gasteiger partial charge in [-0.2, -0.15) is 0 Å². The smallest absolute Gasteiger partial charge is 0.306 e. The average molecular weight is 575 g/mol. The van der Waals surface area contributed by atoms with Crippen LogP contribution in [-0.2, 0) is 55.9 Å². The molecule has 0 saturated carbocycles. The Morgan fingerprint density at radius 2 is 1.12 bits per heavy atom. The maximum absolute atomic E-state index is 11.3. The molecule has 42 heavy (non-hydrogen) atoms. The Morgan fingerprint density at radius 3 is 1.45 bits per heavy atom. The highest BCUT2D eigenvalue weighted by molar-refractivity contribution is 5.89. The molecule has 0 radical (unpaired) electrons. The zero-order valence-electron chi connectivity index (χ0n) is 25.1. The molecule has 4 N–H and O–H groups in total. The zero-order chi connectivity index (χ0) is 30.1. The number of nitrogens with one attached hydrogen (secondary N) is 2. The number of hydrogen-bond acceptors (Lipinski definition) is 4. The number of carboxylic acids is 2. The Kier molecular flexibility index (Phi) is 8.49. The van der Waals surface area contributed by atoms with Gasteiger partial charge in [0.25, 0.3) is 0 Å². The van der Waals surface area contributed by atoms with Crippen molar-refractivity contribution in [1.82, 2.24) is 9.97 Å². The number of para-hydroxylation sites is 2. The van der Waals surface area contributed by atoms with Gasteiger partial charge in [0.2, 0.25) is 0 Å². The van der Waals surface area contributed by atoms with Gasteiger partial charge in [-0.1, -0.05) is 64.1 Å². The molecule has 4 aromatic rings. The lowest BCUT2D eigenvalue weighted by atomic mass is 9.86. The number of aryl methyl sites for hydroxylation is 2. The van der Waals surface area contributed by atoms with Crippen molar-refractivity contribution >= 4 is 33.7 Å². The molecule has 8 heteroatoms. The summed E-state index contributed by atoms with van der Waals surface area (Å²) in [6.45, 7) is 9.41. The van der Waals surface area contributed by atoms with Crippen LogP contribution in [0.15, 0.2) is 36.4 Å². The number of ether oxygens (including phenoxy) is 2. The number of carboxylic acid groups (broad SMARTS) is 2. The molecule has 2 atom stereocenters. The van der Waals surface area contributed by atoms with Crippen LogP contribution in [0.1, 0.15) is 87.0 Å². The number of hydrogen-bond donors (Lipinski definition) is 4. The summed E-state index contributed by atoms with van der Waals surface area (Å²) in [5.41, 5.74) is 7.77. The van der Waals surface area contributed by atoms with E-state index >= 15 is 0 Å². The highest BCUT2D eigenvalue weighted by Gasteiger charge is 2.42. The van der Waals surface area contributed by atoms with E-state index in [1.54, 1.807) is 0 Å². The van der Waals surface area contributed by atoms with Crippen LogP contribution in [-0.4, -0.2) is 45.3 Å². The van der Waals surface area contributed by atoms with Crippen LogP contribution in [0.25, 0.3) is 21.8 Å². The van der Waals surface area contributed by atoms with Crippen LogP contribution >= 0.6 is 0 Å². The Labute approximate surface area is 246 Å². The predicted octanol–water partition coefficient (Wildman–Crippen LogP) is 6.77. The molecule has 2 aromatic carbocycles. The minimum absolute atomic E-state index is 0.00474. The van der Waals surface area contributed by atoms with Crippen molar-refractivity contribution in [3.63, 3.8) is 0 Å². The normalized spacial score (nSPS) is 21.4. The molecule has 4 heterocycles. The van der Waals surface area contributed by atoms with Gasteiger partial charge >= 0.3 is 11.9 Å². The summed E-state index contributed by atoms with van der Waals surface area (Å²) in [5.74, 6) is -1.64. The number of rotatable bonds is 8. The molecule has 224 valence electrons. The Morgan fingerprint density at radius 1 is 0.714 bits per heavy atom. The lowest BCUT2D eigenvalue weighted by Gasteiger charge is -2.35. The van der Waals surface area contributed by atoms with E-state index < -0.39 is 23.1 Å². The molecule has 0 saturated heterocycles. The minimum Gasteiger partial charge on any atom is -0.481 e. The van der Waals surface area contributed by atoms with Crippen molar-refractivity contribution < 1.29 is 29.3 Å². The number of aromatic amines is 2. The van der Waals surface area contributed by atoms with Crippen molar-refractivity contribution in [2.45, 2.75) is 90.3 Å². The summed E-state index contributed by atoms with van der Waals surface area (Å²) in [7, 11) is 0. The second-order valence-electron chi connectivity index (χ2n) is 11.4. The van der Waals surface area contributed by atoms with Crippen molar-refractivity contribution in [3.8, 4) is 0 Å². The number of fused-ring (bicyclic) bond motifs is 6. The Hall–Kier alpha value is -3.62. The van der Waals surface area contributed by atoms with E-state index in [1.165, 1.54) is 33.0 Å². The molecule has 0 fully saturated rings. The third kappa shape index (κ3) is 5.11. The second-order valence-corrected chi connectivity index (χ2v) is 11.4. The molecule has 0 bridgehead atoms. The third-order valence-corrected chi connectivity index (χ3v) is 9.20. The lowest BCUT2D eigenvalue weighted by molar-refractivity contribution is -0.149. The first-order chi connectivity index (χ1) is 20.2. The molecule has 6 rings (SSSR count). The molecule has 0 aliphatic carbocycles. The Balaban J connectivity index is 0.000000168. The summed E-state index contributed by atoms with van der Waals surface area (Å²) in [6, 6.07) is 12.6. The lowest BCUT2D eigenvalue weighted by Crippen LogP contribution is -2.37. The molecule has 2 unspecified atom stereocenters. The minimum atomic E-state index is -0.820. The number of H-pyrrole nitrogens is 2. The van der Waals surface area contributed by atoms with Gasteiger partial charge in [0, 0.05) is 21.8 Å². The summed E-state index contributed by atoms with van der Waals surface area (Å²) in [6.07, 6.45) is 4.90. The standard InChI is InChI=1S/2C17H21NO3/c2*1-3-11-6-5-7-12-13-8-9-21-17(4-2,10-14(19)20)16(13)18-15(11)12/h2*5-7,18H,3-4,8-10H2,1-2H3,(H,19,20). The Bertz CT molecular complexity index is 1500. The fourth-order valence-electron chi connectivity index (χ4n) is 6.97. The molecule has 2 aromatic heterocycles. The predicted molar refractivity (Wildman–Crippen MR) is 163 cm³/mol. The summed E-state index contributed by atoms with van der Waals surface area (Å²) < 4.78 is 11.9.